The fourth-order valence-electron chi connectivity index (χ4n) is 0.930. The number of aromatic carboxylic acids is 1. The number of nitrogens with zero attached hydrogens (tertiary/aromatic N) is 1. The Bertz CT molecular complexity index is 354. The van der Waals surface area contributed by atoms with Gasteiger partial charge in [0.2, 0.25) is 5.88 Å². The van der Waals surface area contributed by atoms with Crippen LogP contribution in [0, 0.1) is 0 Å². The SMILES string of the molecule is COc1nc(C(=O)O)ccc1B(O)O. The summed E-state index contributed by atoms with van der Waals surface area (Å²) in [7, 11) is -0.472. The normalized spacial score (nSPS) is 9.64. The van der Waals surface area contributed by atoms with Gasteiger partial charge in [-0.1, -0.05) is 6.07 Å². The Morgan fingerprint density at radius 3 is 2.57 bits per heavy atom. The summed E-state index contributed by atoms with van der Waals surface area (Å²) in [5.41, 5.74) is -0.191. The molecule has 0 fully saturated rings. The molecule has 1 rings (SSSR count). The van der Waals surface area contributed by atoms with E-state index in [0.717, 1.165) is 0 Å². The maximum absolute atomic E-state index is 10.5. The molecule has 14 heavy (non-hydrogen) atoms. The van der Waals surface area contributed by atoms with Gasteiger partial charge in [-0.15, -0.1) is 0 Å². The van der Waals surface area contributed by atoms with Crippen LogP contribution >= 0.6 is 0 Å². The molecule has 0 amide bonds. The number of carboxylic acid groups (broad SMARTS) is 1. The van der Waals surface area contributed by atoms with Crippen LogP contribution in [0.2, 0.25) is 0 Å². The summed E-state index contributed by atoms with van der Waals surface area (Å²) in [6.45, 7) is 0. The lowest BCUT2D eigenvalue weighted by molar-refractivity contribution is 0.0689. The summed E-state index contributed by atoms with van der Waals surface area (Å²) in [5.74, 6) is -1.32. The first-order valence-corrected chi connectivity index (χ1v) is 3.70. The molecule has 0 aromatic carbocycles. The highest BCUT2D eigenvalue weighted by Gasteiger charge is 2.19. The number of rotatable bonds is 3. The predicted octanol–water partition coefficient (Wildman–Crippen LogP) is -1.53. The van der Waals surface area contributed by atoms with E-state index >= 15 is 0 Å². The molecule has 7 heteroatoms. The Morgan fingerprint density at radius 2 is 2.14 bits per heavy atom. The van der Waals surface area contributed by atoms with E-state index in [1.54, 1.807) is 0 Å². The van der Waals surface area contributed by atoms with Crippen LogP contribution in [0.25, 0.3) is 0 Å². The molecule has 1 aromatic heterocycles. The van der Waals surface area contributed by atoms with Gasteiger partial charge in [-0.25, -0.2) is 9.78 Å². The van der Waals surface area contributed by atoms with Gasteiger partial charge in [0.1, 0.15) is 0 Å². The number of hydrogen-bond donors (Lipinski definition) is 3. The molecular weight excluding hydrogens is 189 g/mol. The van der Waals surface area contributed by atoms with Crippen LogP contribution in [0.3, 0.4) is 0 Å². The van der Waals surface area contributed by atoms with E-state index in [1.807, 2.05) is 0 Å². The standard InChI is InChI=1S/C7H8BNO5/c1-14-6-4(8(12)13)2-3-5(9-6)7(10)11/h2-3,12-13H,1H3,(H,10,11). The Kier molecular flexibility index (Phi) is 3.05. The maximum Gasteiger partial charge on any atom is 0.494 e. The summed E-state index contributed by atoms with van der Waals surface area (Å²) < 4.78 is 4.70. The van der Waals surface area contributed by atoms with Crippen molar-refractivity contribution in [3.05, 3.63) is 17.8 Å². The monoisotopic (exact) mass is 197 g/mol. The van der Waals surface area contributed by atoms with Crippen LogP contribution in [0.15, 0.2) is 12.1 Å². The zero-order chi connectivity index (χ0) is 10.7. The number of ether oxygens (including phenoxy) is 1. The molecule has 0 spiro atoms. The van der Waals surface area contributed by atoms with Crippen molar-refractivity contribution < 1.29 is 24.7 Å². The molecule has 3 N–H and O–H groups in total. The number of pyridine rings is 1. The predicted molar refractivity (Wildman–Crippen MR) is 47.6 cm³/mol. The summed E-state index contributed by atoms with van der Waals surface area (Å²) in [5, 5.41) is 26.3. The zero-order valence-corrected chi connectivity index (χ0v) is 7.34. The van der Waals surface area contributed by atoms with E-state index in [0.29, 0.717) is 0 Å². The van der Waals surface area contributed by atoms with Gasteiger partial charge in [-0.3, -0.25) is 0 Å². The third kappa shape index (κ3) is 2.01. The van der Waals surface area contributed by atoms with Crippen LogP contribution in [0.4, 0.5) is 0 Å². The fraction of sp³-hybridized carbons (Fsp3) is 0.143. The van der Waals surface area contributed by atoms with Crippen molar-refractivity contribution in [2.24, 2.45) is 0 Å². The number of carbonyl (C=O) groups is 1. The third-order valence-corrected chi connectivity index (χ3v) is 1.58. The van der Waals surface area contributed by atoms with Gasteiger partial charge in [0, 0.05) is 5.46 Å². The van der Waals surface area contributed by atoms with E-state index in [-0.39, 0.29) is 17.0 Å². The van der Waals surface area contributed by atoms with Crippen molar-refractivity contribution in [2.75, 3.05) is 7.11 Å². The Morgan fingerprint density at radius 1 is 1.50 bits per heavy atom. The molecule has 0 aliphatic rings. The quantitative estimate of drug-likeness (QED) is 0.508. The second-order valence-electron chi connectivity index (χ2n) is 2.47. The number of carboxylic acids is 1. The van der Waals surface area contributed by atoms with Gasteiger partial charge in [0.15, 0.2) is 5.69 Å². The largest absolute Gasteiger partial charge is 0.494 e. The van der Waals surface area contributed by atoms with Gasteiger partial charge in [-0.05, 0) is 6.07 Å². The Labute approximate surface area is 79.9 Å². The lowest BCUT2D eigenvalue weighted by atomic mass is 9.81. The average molecular weight is 197 g/mol. The minimum atomic E-state index is -1.74. The molecule has 0 radical (unpaired) electrons. The van der Waals surface area contributed by atoms with Crippen molar-refractivity contribution in [2.45, 2.75) is 0 Å². The van der Waals surface area contributed by atoms with Gasteiger partial charge in [0.05, 0.1) is 7.11 Å². The molecule has 6 nitrogen and oxygen atoms in total. The molecule has 1 aromatic rings. The third-order valence-electron chi connectivity index (χ3n) is 1.58. The molecule has 0 saturated carbocycles. The minimum Gasteiger partial charge on any atom is -0.481 e. The van der Waals surface area contributed by atoms with E-state index in [4.69, 9.17) is 19.9 Å². The van der Waals surface area contributed by atoms with Gasteiger partial charge in [0.25, 0.3) is 0 Å². The number of methoxy groups -OCH3 is 1. The lowest BCUT2D eigenvalue weighted by Gasteiger charge is -2.06. The molecular formula is C7H8BNO5. The van der Waals surface area contributed by atoms with E-state index in [2.05, 4.69) is 4.98 Å². The Hall–Kier alpha value is -1.60. The molecule has 0 aliphatic heterocycles. The molecule has 0 unspecified atom stereocenters. The Balaban J connectivity index is 3.18. The van der Waals surface area contributed by atoms with Crippen LogP contribution in [0.1, 0.15) is 10.5 Å². The van der Waals surface area contributed by atoms with Crippen LogP contribution in [0.5, 0.6) is 5.88 Å². The first kappa shape index (κ1) is 10.5. The van der Waals surface area contributed by atoms with E-state index in [1.165, 1.54) is 19.2 Å². The fourth-order valence-corrected chi connectivity index (χ4v) is 0.930. The molecule has 74 valence electrons. The van der Waals surface area contributed by atoms with Crippen LogP contribution in [-0.2, 0) is 0 Å². The number of aromatic nitrogens is 1. The highest BCUT2D eigenvalue weighted by atomic mass is 16.5. The van der Waals surface area contributed by atoms with Crippen molar-refractivity contribution in [3.8, 4) is 5.88 Å². The molecule has 1 heterocycles. The highest BCUT2D eigenvalue weighted by molar-refractivity contribution is 6.59. The summed E-state index contributed by atoms with van der Waals surface area (Å²) in [6.07, 6.45) is 0. The van der Waals surface area contributed by atoms with Crippen LogP contribution in [-0.4, -0.2) is 40.3 Å². The minimum absolute atomic E-state index is 0.0255. The maximum atomic E-state index is 10.5. The lowest BCUT2D eigenvalue weighted by Crippen LogP contribution is -2.32. The van der Waals surface area contributed by atoms with Crippen molar-refractivity contribution in [1.82, 2.24) is 4.98 Å². The zero-order valence-electron chi connectivity index (χ0n) is 7.34. The molecule has 0 aliphatic carbocycles. The van der Waals surface area contributed by atoms with Crippen molar-refractivity contribution >= 4 is 18.6 Å². The highest BCUT2D eigenvalue weighted by Crippen LogP contribution is 2.05. The van der Waals surface area contributed by atoms with E-state index < -0.39 is 13.1 Å². The van der Waals surface area contributed by atoms with E-state index in [9.17, 15) is 4.79 Å². The van der Waals surface area contributed by atoms with Crippen molar-refractivity contribution in [3.63, 3.8) is 0 Å². The average Bonchev–Trinajstić information content (AvgIpc) is 2.16. The van der Waals surface area contributed by atoms with Crippen molar-refractivity contribution in [1.29, 1.82) is 0 Å². The molecule has 0 bridgehead atoms. The topological polar surface area (TPSA) is 99.9 Å². The molecule has 0 atom stereocenters. The first-order chi connectivity index (χ1) is 6.56. The molecule has 0 saturated heterocycles. The second kappa shape index (κ2) is 4.08. The summed E-state index contributed by atoms with van der Waals surface area (Å²) in [6, 6.07) is 2.40. The van der Waals surface area contributed by atoms with Gasteiger partial charge < -0.3 is 19.9 Å². The van der Waals surface area contributed by atoms with Gasteiger partial charge >= 0.3 is 13.1 Å². The van der Waals surface area contributed by atoms with Gasteiger partial charge in [-0.2, -0.15) is 0 Å². The number of hydrogen-bond acceptors (Lipinski definition) is 5. The summed E-state index contributed by atoms with van der Waals surface area (Å²) >= 11 is 0. The van der Waals surface area contributed by atoms with Crippen LogP contribution < -0.4 is 10.2 Å². The summed E-state index contributed by atoms with van der Waals surface area (Å²) in [4.78, 5) is 14.1. The smallest absolute Gasteiger partial charge is 0.481 e. The second-order valence-corrected chi connectivity index (χ2v) is 2.47. The first-order valence-electron chi connectivity index (χ1n) is 3.70.